The van der Waals surface area contributed by atoms with Gasteiger partial charge in [0.1, 0.15) is 0 Å². The van der Waals surface area contributed by atoms with E-state index in [2.05, 4.69) is 12.2 Å². The summed E-state index contributed by atoms with van der Waals surface area (Å²) < 4.78 is 22.5. The number of amides is 1. The van der Waals surface area contributed by atoms with Gasteiger partial charge in [0.15, 0.2) is 0 Å². The lowest BCUT2D eigenvalue weighted by Gasteiger charge is -2.23. The topological polar surface area (TPSA) is 63.2 Å². The van der Waals surface area contributed by atoms with Crippen LogP contribution in [0.4, 0.5) is 0 Å². The number of hydrogen-bond donors (Lipinski definition) is 1. The zero-order valence-electron chi connectivity index (χ0n) is 11.4. The van der Waals surface area contributed by atoms with Gasteiger partial charge in [-0.25, -0.2) is 8.42 Å². The fraction of sp³-hybridized carbons (Fsp3) is 0.500. The monoisotopic (exact) mass is 315 g/mol. The molecule has 1 aromatic carbocycles. The van der Waals surface area contributed by atoms with E-state index in [4.69, 9.17) is 10.7 Å². The Morgan fingerprint density at radius 1 is 1.35 bits per heavy atom. The summed E-state index contributed by atoms with van der Waals surface area (Å²) in [7, 11) is 1.47. The average Bonchev–Trinajstić information content (AvgIpc) is 2.83. The lowest BCUT2D eigenvalue weighted by atomic mass is 9.89. The van der Waals surface area contributed by atoms with Gasteiger partial charge in [0.25, 0.3) is 15.0 Å². The first kappa shape index (κ1) is 15.3. The first-order valence-corrected chi connectivity index (χ1v) is 8.94. The first-order valence-electron chi connectivity index (χ1n) is 6.63. The van der Waals surface area contributed by atoms with Gasteiger partial charge in [-0.3, -0.25) is 4.79 Å². The van der Waals surface area contributed by atoms with Crippen molar-refractivity contribution in [1.82, 2.24) is 5.32 Å². The van der Waals surface area contributed by atoms with Gasteiger partial charge in [-0.05, 0) is 36.5 Å². The summed E-state index contributed by atoms with van der Waals surface area (Å²) in [6, 6.07) is 5.77. The van der Waals surface area contributed by atoms with Gasteiger partial charge in [0, 0.05) is 22.8 Å². The molecule has 1 N–H and O–H groups in total. The Kier molecular flexibility index (Phi) is 4.39. The van der Waals surface area contributed by atoms with Gasteiger partial charge in [0.2, 0.25) is 0 Å². The Bertz CT molecular complexity index is 607. The molecule has 0 aromatic heterocycles. The van der Waals surface area contributed by atoms with E-state index in [-0.39, 0.29) is 16.2 Å². The van der Waals surface area contributed by atoms with Gasteiger partial charge in [0.05, 0.1) is 4.90 Å². The molecule has 1 aliphatic carbocycles. The largest absolute Gasteiger partial charge is 0.351 e. The third-order valence-electron chi connectivity index (χ3n) is 3.86. The number of nitrogens with one attached hydrogen (secondary N) is 1. The van der Waals surface area contributed by atoms with E-state index >= 15 is 0 Å². The quantitative estimate of drug-likeness (QED) is 0.869. The molecule has 0 unspecified atom stereocenters. The van der Waals surface area contributed by atoms with Crippen LogP contribution in [0, 0.1) is 5.41 Å². The van der Waals surface area contributed by atoms with E-state index in [1.54, 1.807) is 6.07 Å². The van der Waals surface area contributed by atoms with Crippen LogP contribution in [0.25, 0.3) is 0 Å². The normalized spacial score (nSPS) is 17.9. The van der Waals surface area contributed by atoms with Gasteiger partial charge >= 0.3 is 0 Å². The molecule has 0 radical (unpaired) electrons. The summed E-state index contributed by atoms with van der Waals surface area (Å²) in [6.07, 6.45) is 4.63. The summed E-state index contributed by atoms with van der Waals surface area (Å²) in [4.78, 5) is 12.0. The molecule has 1 amide bonds. The second-order valence-corrected chi connectivity index (χ2v) is 8.23. The first-order chi connectivity index (χ1) is 9.30. The summed E-state index contributed by atoms with van der Waals surface area (Å²) in [5.41, 5.74) is 0.472. The van der Waals surface area contributed by atoms with Crippen LogP contribution in [-0.4, -0.2) is 20.9 Å². The van der Waals surface area contributed by atoms with Crippen molar-refractivity contribution in [2.45, 2.75) is 37.5 Å². The van der Waals surface area contributed by atoms with E-state index in [1.165, 1.54) is 31.0 Å². The van der Waals surface area contributed by atoms with E-state index in [0.29, 0.717) is 12.1 Å². The van der Waals surface area contributed by atoms with Gasteiger partial charge < -0.3 is 5.32 Å². The Hall–Kier alpha value is -1.07. The van der Waals surface area contributed by atoms with Crippen LogP contribution in [0.15, 0.2) is 29.2 Å². The summed E-state index contributed by atoms with van der Waals surface area (Å²) in [5, 5.41) is 2.88. The zero-order chi connectivity index (χ0) is 14.8. The van der Waals surface area contributed by atoms with Crippen molar-refractivity contribution in [1.29, 1.82) is 0 Å². The van der Waals surface area contributed by atoms with Crippen LogP contribution in [0.5, 0.6) is 0 Å². The molecule has 110 valence electrons. The number of carbonyl (C=O) groups excluding carboxylic acids is 1. The number of rotatable bonds is 4. The third-order valence-corrected chi connectivity index (χ3v) is 5.22. The molecule has 0 spiro atoms. The third kappa shape index (κ3) is 3.73. The summed E-state index contributed by atoms with van der Waals surface area (Å²) >= 11 is 0. The minimum atomic E-state index is -3.81. The van der Waals surface area contributed by atoms with Crippen molar-refractivity contribution >= 4 is 25.6 Å². The molecule has 0 atom stereocenters. The smallest absolute Gasteiger partial charge is 0.261 e. The Labute approximate surface area is 123 Å². The second kappa shape index (κ2) is 5.74. The molecule has 1 aliphatic rings. The van der Waals surface area contributed by atoms with Crippen LogP contribution in [0.1, 0.15) is 43.0 Å². The molecule has 6 heteroatoms. The molecule has 1 aromatic rings. The molecule has 0 saturated heterocycles. The molecule has 4 nitrogen and oxygen atoms in total. The predicted molar refractivity (Wildman–Crippen MR) is 78.4 cm³/mol. The van der Waals surface area contributed by atoms with Crippen LogP contribution in [-0.2, 0) is 9.05 Å². The predicted octanol–water partition coefficient (Wildman–Crippen LogP) is 2.92. The molecular formula is C14H18ClNO3S. The number of benzene rings is 1. The zero-order valence-corrected chi connectivity index (χ0v) is 12.9. The maximum absolute atomic E-state index is 12.1. The Morgan fingerprint density at radius 3 is 2.60 bits per heavy atom. The molecule has 2 rings (SSSR count). The lowest BCUT2D eigenvalue weighted by molar-refractivity contribution is 0.0934. The minimum Gasteiger partial charge on any atom is -0.351 e. The average molecular weight is 316 g/mol. The number of hydrogen-bond acceptors (Lipinski definition) is 3. The number of carbonyl (C=O) groups is 1. The molecule has 1 fully saturated rings. The molecule has 0 aliphatic heterocycles. The summed E-state index contributed by atoms with van der Waals surface area (Å²) in [6.45, 7) is 2.78. The highest BCUT2D eigenvalue weighted by Gasteiger charge is 2.29. The van der Waals surface area contributed by atoms with Crippen molar-refractivity contribution in [3.8, 4) is 0 Å². The summed E-state index contributed by atoms with van der Waals surface area (Å²) in [5.74, 6) is -0.264. The fourth-order valence-electron chi connectivity index (χ4n) is 2.59. The highest BCUT2D eigenvalue weighted by molar-refractivity contribution is 8.13. The fourth-order valence-corrected chi connectivity index (χ4v) is 3.39. The highest BCUT2D eigenvalue weighted by atomic mass is 35.7. The van der Waals surface area contributed by atoms with Crippen LogP contribution in [0.2, 0.25) is 0 Å². The molecule has 0 heterocycles. The molecular weight excluding hydrogens is 298 g/mol. The Morgan fingerprint density at radius 2 is 2.00 bits per heavy atom. The van der Waals surface area contributed by atoms with Crippen molar-refractivity contribution in [3.05, 3.63) is 29.8 Å². The van der Waals surface area contributed by atoms with Gasteiger partial charge in [-0.1, -0.05) is 25.8 Å². The van der Waals surface area contributed by atoms with Crippen molar-refractivity contribution in [2.75, 3.05) is 6.54 Å². The van der Waals surface area contributed by atoms with Gasteiger partial charge in [-0.15, -0.1) is 0 Å². The van der Waals surface area contributed by atoms with Crippen molar-refractivity contribution < 1.29 is 13.2 Å². The van der Waals surface area contributed by atoms with E-state index in [1.807, 2.05) is 0 Å². The second-order valence-electron chi connectivity index (χ2n) is 5.67. The maximum atomic E-state index is 12.1. The highest BCUT2D eigenvalue weighted by Crippen LogP contribution is 2.36. The van der Waals surface area contributed by atoms with Crippen molar-refractivity contribution in [3.63, 3.8) is 0 Å². The van der Waals surface area contributed by atoms with Crippen molar-refractivity contribution in [2.24, 2.45) is 5.41 Å². The minimum absolute atomic E-state index is 0.0566. The van der Waals surface area contributed by atoms with E-state index in [9.17, 15) is 13.2 Å². The molecule has 1 saturated carbocycles. The number of halogens is 1. The standard InChI is InChI=1S/C14H18ClNO3S/c1-14(7-2-3-8-14)10-16-13(17)11-5-4-6-12(9-11)20(15,18)19/h4-6,9H,2-3,7-8,10H2,1H3,(H,16,17). The van der Waals surface area contributed by atoms with E-state index < -0.39 is 9.05 Å². The van der Waals surface area contributed by atoms with E-state index in [0.717, 1.165) is 12.8 Å². The SMILES string of the molecule is CC1(CNC(=O)c2cccc(S(=O)(=O)Cl)c2)CCCC1. The van der Waals surface area contributed by atoms with Crippen LogP contribution < -0.4 is 5.32 Å². The lowest BCUT2D eigenvalue weighted by Crippen LogP contribution is -2.34. The van der Waals surface area contributed by atoms with Crippen LogP contribution >= 0.6 is 10.7 Å². The molecule has 0 bridgehead atoms. The Balaban J connectivity index is 2.06. The molecule has 20 heavy (non-hydrogen) atoms. The van der Waals surface area contributed by atoms with Crippen LogP contribution in [0.3, 0.4) is 0 Å². The van der Waals surface area contributed by atoms with Gasteiger partial charge in [-0.2, -0.15) is 0 Å². The maximum Gasteiger partial charge on any atom is 0.261 e.